The number of nitrogens with zero attached hydrogens (tertiary/aromatic N) is 1. The lowest BCUT2D eigenvalue weighted by molar-refractivity contribution is -0.148. The number of carboxylic acid groups (broad SMARTS) is 1. The lowest BCUT2D eigenvalue weighted by Gasteiger charge is -2.21. The summed E-state index contributed by atoms with van der Waals surface area (Å²) in [6, 6.07) is -0.737. The number of carboxylic acids is 1. The lowest BCUT2D eigenvalue weighted by Crippen LogP contribution is -2.40. The molecular formula is C22H43AlNO3. The predicted octanol–water partition coefficient (Wildman–Crippen LogP) is 5.80. The van der Waals surface area contributed by atoms with Crippen molar-refractivity contribution in [1.29, 1.82) is 0 Å². The van der Waals surface area contributed by atoms with Crippen molar-refractivity contribution in [1.82, 2.24) is 4.90 Å². The molecule has 0 aliphatic heterocycles. The number of carbonyl (C=O) groups is 2. The first-order valence-corrected chi connectivity index (χ1v) is 11.0. The fourth-order valence-corrected chi connectivity index (χ4v) is 3.21. The van der Waals surface area contributed by atoms with Crippen molar-refractivity contribution < 1.29 is 14.7 Å². The molecule has 27 heavy (non-hydrogen) atoms. The summed E-state index contributed by atoms with van der Waals surface area (Å²) < 4.78 is 0. The lowest BCUT2D eigenvalue weighted by atomic mass is 10.0. The summed E-state index contributed by atoms with van der Waals surface area (Å²) in [6.07, 6.45) is 20.0. The van der Waals surface area contributed by atoms with Crippen molar-refractivity contribution in [2.45, 2.75) is 123 Å². The number of likely N-dealkylation sites (N-methyl/N-ethyl adjacent to an activating group) is 1. The zero-order chi connectivity index (χ0) is 19.6. The van der Waals surface area contributed by atoms with Crippen LogP contribution in [-0.4, -0.2) is 52.3 Å². The number of aliphatic carboxylic acids is 1. The minimum absolute atomic E-state index is 0. The Balaban J connectivity index is 0. The molecule has 4 nitrogen and oxygen atoms in total. The second-order valence-electron chi connectivity index (χ2n) is 7.72. The second kappa shape index (κ2) is 20.2. The Bertz CT molecular complexity index is 363. The monoisotopic (exact) mass is 396 g/mol. The number of hydrogen-bond donors (Lipinski definition) is 1. The Labute approximate surface area is 178 Å². The van der Waals surface area contributed by atoms with E-state index >= 15 is 0 Å². The van der Waals surface area contributed by atoms with Gasteiger partial charge in [0.05, 0.1) is 0 Å². The molecule has 1 N–H and O–H groups in total. The van der Waals surface area contributed by atoms with Crippen molar-refractivity contribution in [3.63, 3.8) is 0 Å². The van der Waals surface area contributed by atoms with Gasteiger partial charge in [-0.25, -0.2) is 4.79 Å². The first-order chi connectivity index (χ1) is 12.5. The van der Waals surface area contributed by atoms with Gasteiger partial charge in [-0.05, 0) is 13.3 Å². The Kier molecular flexibility index (Phi) is 21.5. The van der Waals surface area contributed by atoms with E-state index in [-0.39, 0.29) is 23.3 Å². The molecule has 0 heterocycles. The molecule has 0 bridgehead atoms. The Hall–Kier alpha value is -0.528. The average molecular weight is 397 g/mol. The highest BCUT2D eigenvalue weighted by atomic mass is 27.0. The topological polar surface area (TPSA) is 57.6 Å². The molecule has 0 rings (SSSR count). The SMILES string of the molecule is CCCCCCCCCCCCCCCCCC(=O)N(C)[C@@H](C)C(=O)O.[Al]. The molecule has 0 unspecified atom stereocenters. The van der Waals surface area contributed by atoms with Crippen molar-refractivity contribution in [3.8, 4) is 0 Å². The fraction of sp³-hybridized carbons (Fsp3) is 0.909. The minimum Gasteiger partial charge on any atom is -0.480 e. The summed E-state index contributed by atoms with van der Waals surface area (Å²) in [6.45, 7) is 3.81. The van der Waals surface area contributed by atoms with Crippen LogP contribution in [0, 0.1) is 0 Å². The Morgan fingerprint density at radius 2 is 1.07 bits per heavy atom. The van der Waals surface area contributed by atoms with Crippen LogP contribution in [0.4, 0.5) is 0 Å². The number of hydrogen-bond acceptors (Lipinski definition) is 2. The van der Waals surface area contributed by atoms with Gasteiger partial charge in [-0.15, -0.1) is 0 Å². The van der Waals surface area contributed by atoms with Crippen LogP contribution in [0.2, 0.25) is 0 Å². The Morgan fingerprint density at radius 3 is 1.41 bits per heavy atom. The maximum atomic E-state index is 11.9. The smallest absolute Gasteiger partial charge is 0.326 e. The van der Waals surface area contributed by atoms with Crippen LogP contribution < -0.4 is 0 Å². The van der Waals surface area contributed by atoms with Gasteiger partial charge in [-0.2, -0.15) is 0 Å². The van der Waals surface area contributed by atoms with Crippen molar-refractivity contribution in [2.75, 3.05) is 7.05 Å². The van der Waals surface area contributed by atoms with Crippen LogP contribution in [0.25, 0.3) is 0 Å². The maximum absolute atomic E-state index is 11.9. The summed E-state index contributed by atoms with van der Waals surface area (Å²) >= 11 is 0. The quantitative estimate of drug-likeness (QED) is 0.235. The molecule has 0 aromatic heterocycles. The van der Waals surface area contributed by atoms with Crippen LogP contribution in [0.5, 0.6) is 0 Å². The summed E-state index contributed by atoms with van der Waals surface area (Å²) in [7, 11) is 1.58. The molecule has 0 aliphatic rings. The molecule has 3 radical (unpaired) electrons. The van der Waals surface area contributed by atoms with Gasteiger partial charge < -0.3 is 10.0 Å². The van der Waals surface area contributed by atoms with E-state index in [1.807, 2.05) is 0 Å². The van der Waals surface area contributed by atoms with Crippen LogP contribution in [-0.2, 0) is 9.59 Å². The summed E-state index contributed by atoms with van der Waals surface area (Å²) in [5, 5.41) is 8.91. The van der Waals surface area contributed by atoms with Gasteiger partial charge in [0, 0.05) is 30.8 Å². The van der Waals surface area contributed by atoms with Gasteiger partial charge >= 0.3 is 5.97 Å². The second-order valence-corrected chi connectivity index (χ2v) is 7.72. The van der Waals surface area contributed by atoms with E-state index in [0.717, 1.165) is 12.8 Å². The number of amides is 1. The Morgan fingerprint density at radius 1 is 0.741 bits per heavy atom. The third-order valence-electron chi connectivity index (χ3n) is 5.33. The van der Waals surface area contributed by atoms with Gasteiger partial charge in [-0.3, -0.25) is 4.79 Å². The highest BCUT2D eigenvalue weighted by molar-refractivity contribution is 5.83. The van der Waals surface area contributed by atoms with Crippen LogP contribution in [0.3, 0.4) is 0 Å². The van der Waals surface area contributed by atoms with Gasteiger partial charge in [0.25, 0.3) is 0 Å². The summed E-state index contributed by atoms with van der Waals surface area (Å²) in [5.74, 6) is -1.01. The van der Waals surface area contributed by atoms with Crippen LogP contribution >= 0.6 is 0 Å². The highest BCUT2D eigenvalue weighted by Crippen LogP contribution is 2.14. The maximum Gasteiger partial charge on any atom is 0.326 e. The first kappa shape index (κ1) is 28.7. The third-order valence-corrected chi connectivity index (χ3v) is 5.33. The number of unbranched alkanes of at least 4 members (excludes halogenated alkanes) is 14. The summed E-state index contributed by atoms with van der Waals surface area (Å²) in [4.78, 5) is 24.1. The van der Waals surface area contributed by atoms with Crippen molar-refractivity contribution in [2.24, 2.45) is 0 Å². The number of carbonyl (C=O) groups excluding carboxylic acids is 1. The van der Waals surface area contributed by atoms with Crippen LogP contribution in [0.1, 0.15) is 117 Å². The molecule has 0 spiro atoms. The first-order valence-electron chi connectivity index (χ1n) is 11.0. The zero-order valence-electron chi connectivity index (χ0n) is 18.2. The normalized spacial score (nSPS) is 11.7. The van der Waals surface area contributed by atoms with E-state index in [0.29, 0.717) is 6.42 Å². The highest BCUT2D eigenvalue weighted by Gasteiger charge is 2.20. The predicted molar refractivity (Wildman–Crippen MR) is 115 cm³/mol. The van der Waals surface area contributed by atoms with E-state index in [4.69, 9.17) is 5.11 Å². The standard InChI is InChI=1S/C22H43NO3.Al/c1-4-5-6-7-8-9-10-11-12-13-14-15-16-17-18-19-21(24)23(3)20(2)22(25)26;/h20H,4-19H2,1-3H3,(H,25,26);/t20-;/m0./s1. The van der Waals surface area contributed by atoms with Crippen LogP contribution in [0.15, 0.2) is 0 Å². The average Bonchev–Trinajstić information content (AvgIpc) is 2.63. The van der Waals surface area contributed by atoms with E-state index in [1.54, 1.807) is 14.0 Å². The zero-order valence-corrected chi connectivity index (χ0v) is 19.3. The third kappa shape index (κ3) is 17.3. The molecule has 1 amide bonds. The molecule has 0 aliphatic carbocycles. The molecule has 5 heteroatoms. The molecule has 0 fully saturated rings. The minimum atomic E-state index is -0.947. The van der Waals surface area contributed by atoms with Crippen molar-refractivity contribution in [3.05, 3.63) is 0 Å². The van der Waals surface area contributed by atoms with E-state index in [1.165, 1.54) is 88.4 Å². The van der Waals surface area contributed by atoms with E-state index in [9.17, 15) is 9.59 Å². The molecule has 0 saturated heterocycles. The van der Waals surface area contributed by atoms with E-state index < -0.39 is 12.0 Å². The molecule has 0 saturated carbocycles. The van der Waals surface area contributed by atoms with Crippen molar-refractivity contribution >= 4 is 29.2 Å². The summed E-state index contributed by atoms with van der Waals surface area (Å²) in [5.41, 5.74) is 0. The van der Waals surface area contributed by atoms with Gasteiger partial charge in [0.15, 0.2) is 0 Å². The molecule has 0 aromatic carbocycles. The number of rotatable bonds is 18. The van der Waals surface area contributed by atoms with Gasteiger partial charge in [0.1, 0.15) is 6.04 Å². The van der Waals surface area contributed by atoms with E-state index in [2.05, 4.69) is 6.92 Å². The molecule has 1 atom stereocenters. The molecule has 157 valence electrons. The van der Waals surface area contributed by atoms with Gasteiger partial charge in [-0.1, -0.05) is 96.8 Å². The van der Waals surface area contributed by atoms with Gasteiger partial charge in [0.2, 0.25) is 5.91 Å². The largest absolute Gasteiger partial charge is 0.480 e. The fourth-order valence-electron chi connectivity index (χ4n) is 3.21. The molecule has 0 aromatic rings. The molecular weight excluding hydrogens is 353 g/mol.